The van der Waals surface area contributed by atoms with Crippen LogP contribution in [0.2, 0.25) is 0 Å². The molecule has 0 saturated carbocycles. The summed E-state index contributed by atoms with van der Waals surface area (Å²) in [5.74, 6) is 0.751. The van der Waals surface area contributed by atoms with E-state index in [1.54, 1.807) is 7.11 Å². The Balaban J connectivity index is 2.65. The predicted octanol–water partition coefficient (Wildman–Crippen LogP) is 2.12. The molecule has 0 radical (unpaired) electrons. The van der Waals surface area contributed by atoms with Gasteiger partial charge in [-0.1, -0.05) is 20.8 Å². The van der Waals surface area contributed by atoms with Crippen molar-refractivity contribution in [2.24, 2.45) is 5.92 Å². The Kier molecular flexibility index (Phi) is 7.09. The first-order valence-corrected chi connectivity index (χ1v) is 7.19. The molecule has 3 nitrogen and oxygen atoms in total. The van der Waals surface area contributed by atoms with Crippen LogP contribution in [0.15, 0.2) is 0 Å². The molecule has 2 atom stereocenters. The topological polar surface area (TPSA) is 24.5 Å². The summed E-state index contributed by atoms with van der Waals surface area (Å²) in [6.45, 7) is 11.2. The summed E-state index contributed by atoms with van der Waals surface area (Å²) in [5.41, 5.74) is 0. The molecular formula is C14H30N2O. The Bertz CT molecular complexity index is 195. The van der Waals surface area contributed by atoms with Crippen LogP contribution < -0.4 is 5.32 Å². The monoisotopic (exact) mass is 242 g/mol. The zero-order valence-corrected chi connectivity index (χ0v) is 12.0. The second-order valence-electron chi connectivity index (χ2n) is 5.24. The van der Waals surface area contributed by atoms with Crippen molar-refractivity contribution in [1.29, 1.82) is 0 Å². The van der Waals surface area contributed by atoms with E-state index in [-0.39, 0.29) is 0 Å². The molecule has 0 amide bonds. The molecule has 17 heavy (non-hydrogen) atoms. The average molecular weight is 242 g/mol. The van der Waals surface area contributed by atoms with Gasteiger partial charge in [0.15, 0.2) is 0 Å². The lowest BCUT2D eigenvalue weighted by atomic mass is 9.91. The second-order valence-corrected chi connectivity index (χ2v) is 5.24. The summed E-state index contributed by atoms with van der Waals surface area (Å²) >= 11 is 0. The zero-order valence-electron chi connectivity index (χ0n) is 12.0. The van der Waals surface area contributed by atoms with Crippen molar-refractivity contribution in [2.75, 3.05) is 33.4 Å². The van der Waals surface area contributed by atoms with Crippen LogP contribution in [0, 0.1) is 5.92 Å². The number of piperidine rings is 1. The molecule has 1 N–H and O–H groups in total. The van der Waals surface area contributed by atoms with E-state index < -0.39 is 0 Å². The largest absolute Gasteiger partial charge is 0.383 e. The quantitative estimate of drug-likeness (QED) is 0.740. The van der Waals surface area contributed by atoms with Crippen molar-refractivity contribution in [3.05, 3.63) is 0 Å². The van der Waals surface area contributed by atoms with Gasteiger partial charge in [0.1, 0.15) is 0 Å². The van der Waals surface area contributed by atoms with E-state index in [0.29, 0.717) is 0 Å². The lowest BCUT2D eigenvalue weighted by Crippen LogP contribution is -2.53. The fourth-order valence-corrected chi connectivity index (χ4v) is 3.07. The van der Waals surface area contributed by atoms with Gasteiger partial charge in [-0.05, 0) is 38.3 Å². The molecule has 0 aromatic heterocycles. The Hall–Kier alpha value is -0.120. The molecule has 1 fully saturated rings. The van der Waals surface area contributed by atoms with E-state index in [4.69, 9.17) is 4.74 Å². The lowest BCUT2D eigenvalue weighted by Gasteiger charge is -2.43. The van der Waals surface area contributed by atoms with Gasteiger partial charge in [-0.25, -0.2) is 0 Å². The van der Waals surface area contributed by atoms with E-state index in [1.165, 1.54) is 25.8 Å². The fraction of sp³-hybridized carbons (Fsp3) is 1.00. The highest BCUT2D eigenvalue weighted by Gasteiger charge is 2.30. The highest BCUT2D eigenvalue weighted by molar-refractivity contribution is 4.86. The second kappa shape index (κ2) is 8.06. The molecule has 0 aliphatic carbocycles. The maximum Gasteiger partial charge on any atom is 0.0589 e. The van der Waals surface area contributed by atoms with Crippen molar-refractivity contribution >= 4 is 0 Å². The van der Waals surface area contributed by atoms with Gasteiger partial charge in [0.05, 0.1) is 6.61 Å². The molecule has 2 unspecified atom stereocenters. The van der Waals surface area contributed by atoms with E-state index in [2.05, 4.69) is 31.0 Å². The summed E-state index contributed by atoms with van der Waals surface area (Å²) in [6.07, 6.45) is 3.77. The number of ether oxygens (including phenoxy) is 1. The summed E-state index contributed by atoms with van der Waals surface area (Å²) in [7, 11) is 1.80. The minimum Gasteiger partial charge on any atom is -0.383 e. The Morgan fingerprint density at radius 2 is 2.06 bits per heavy atom. The van der Waals surface area contributed by atoms with Gasteiger partial charge in [0, 0.05) is 25.7 Å². The normalized spacial score (nSPS) is 25.8. The van der Waals surface area contributed by atoms with Crippen LogP contribution in [0.1, 0.15) is 40.0 Å². The lowest BCUT2D eigenvalue weighted by molar-refractivity contribution is 0.0438. The number of nitrogens with one attached hydrogen (secondary N) is 1. The maximum absolute atomic E-state index is 5.28. The molecule has 0 spiro atoms. The first-order valence-electron chi connectivity index (χ1n) is 7.19. The van der Waals surface area contributed by atoms with Crippen molar-refractivity contribution < 1.29 is 4.74 Å². The summed E-state index contributed by atoms with van der Waals surface area (Å²) in [4.78, 5) is 2.70. The van der Waals surface area contributed by atoms with Gasteiger partial charge in [-0.2, -0.15) is 0 Å². The van der Waals surface area contributed by atoms with Gasteiger partial charge in [-0.15, -0.1) is 0 Å². The van der Waals surface area contributed by atoms with Gasteiger partial charge in [-0.3, -0.25) is 4.90 Å². The number of rotatable bonds is 7. The smallest absolute Gasteiger partial charge is 0.0589 e. The summed E-state index contributed by atoms with van der Waals surface area (Å²) in [5, 5.41) is 3.49. The van der Waals surface area contributed by atoms with Crippen LogP contribution in [0.4, 0.5) is 0 Å². The average Bonchev–Trinajstić information content (AvgIpc) is 2.36. The molecule has 1 aliphatic rings. The molecule has 0 aromatic carbocycles. The molecule has 102 valence electrons. The minimum absolute atomic E-state index is 0.718. The number of methoxy groups -OCH3 is 1. The van der Waals surface area contributed by atoms with E-state index in [1.807, 2.05) is 0 Å². The predicted molar refractivity (Wildman–Crippen MR) is 73.4 cm³/mol. The van der Waals surface area contributed by atoms with Gasteiger partial charge in [0.25, 0.3) is 0 Å². The first kappa shape index (κ1) is 14.9. The third-order valence-corrected chi connectivity index (χ3v) is 4.13. The molecular weight excluding hydrogens is 212 g/mol. The van der Waals surface area contributed by atoms with Crippen LogP contribution >= 0.6 is 0 Å². The highest BCUT2D eigenvalue weighted by Crippen LogP contribution is 2.22. The molecule has 3 heteroatoms. The van der Waals surface area contributed by atoms with Crippen molar-refractivity contribution in [2.45, 2.75) is 52.1 Å². The molecule has 1 aliphatic heterocycles. The summed E-state index contributed by atoms with van der Waals surface area (Å²) in [6, 6.07) is 1.45. The number of hydrogen-bond donors (Lipinski definition) is 1. The number of hydrogen-bond acceptors (Lipinski definition) is 3. The Morgan fingerprint density at radius 1 is 1.35 bits per heavy atom. The third-order valence-electron chi connectivity index (χ3n) is 4.13. The highest BCUT2D eigenvalue weighted by atomic mass is 16.5. The Morgan fingerprint density at radius 3 is 2.59 bits per heavy atom. The molecule has 1 saturated heterocycles. The van der Waals surface area contributed by atoms with E-state index in [0.717, 1.165) is 37.7 Å². The van der Waals surface area contributed by atoms with E-state index >= 15 is 0 Å². The molecule has 1 rings (SSSR count). The first-order chi connectivity index (χ1) is 8.24. The van der Waals surface area contributed by atoms with Crippen molar-refractivity contribution in [3.63, 3.8) is 0 Å². The minimum atomic E-state index is 0.718. The maximum atomic E-state index is 5.28. The zero-order chi connectivity index (χ0) is 12.7. The van der Waals surface area contributed by atoms with Gasteiger partial charge >= 0.3 is 0 Å². The Labute approximate surface area is 107 Å². The van der Waals surface area contributed by atoms with Gasteiger partial charge in [0.2, 0.25) is 0 Å². The van der Waals surface area contributed by atoms with Crippen molar-refractivity contribution in [3.8, 4) is 0 Å². The van der Waals surface area contributed by atoms with E-state index in [9.17, 15) is 0 Å². The third kappa shape index (κ3) is 4.23. The van der Waals surface area contributed by atoms with Crippen molar-refractivity contribution in [1.82, 2.24) is 10.2 Å². The molecule has 0 aromatic rings. The summed E-state index contributed by atoms with van der Waals surface area (Å²) < 4.78 is 5.28. The van der Waals surface area contributed by atoms with Gasteiger partial charge < -0.3 is 10.1 Å². The SMILES string of the molecule is CCC(CC)N(CCOC)C1CCNCC1C. The van der Waals surface area contributed by atoms with Crippen LogP contribution in [-0.2, 0) is 4.74 Å². The van der Waals surface area contributed by atoms with Crippen LogP contribution in [-0.4, -0.2) is 50.3 Å². The molecule has 0 bridgehead atoms. The standard InChI is InChI=1S/C14H30N2O/c1-5-13(6-2)16(9-10-17-4)14-7-8-15-11-12(14)3/h12-15H,5-11H2,1-4H3. The van der Waals surface area contributed by atoms with Crippen LogP contribution in [0.3, 0.4) is 0 Å². The number of nitrogens with zero attached hydrogens (tertiary/aromatic N) is 1. The van der Waals surface area contributed by atoms with Crippen LogP contribution in [0.5, 0.6) is 0 Å². The fourth-order valence-electron chi connectivity index (χ4n) is 3.07. The van der Waals surface area contributed by atoms with Crippen LogP contribution in [0.25, 0.3) is 0 Å². The molecule has 1 heterocycles.